The molecule has 1 atom stereocenters. The number of nitrogens with one attached hydrogen (secondary N) is 1. The highest BCUT2D eigenvalue weighted by Gasteiger charge is 2.14. The van der Waals surface area contributed by atoms with E-state index in [0.29, 0.717) is 22.3 Å². The fourth-order valence-electron chi connectivity index (χ4n) is 1.46. The van der Waals surface area contributed by atoms with E-state index in [9.17, 15) is 5.11 Å². The predicted molar refractivity (Wildman–Crippen MR) is 75.6 cm³/mol. The van der Waals surface area contributed by atoms with Crippen molar-refractivity contribution in [2.45, 2.75) is 26.5 Å². The lowest BCUT2D eigenvalue weighted by Crippen LogP contribution is -2.24. The Morgan fingerprint density at radius 2 is 2.00 bits per heavy atom. The second-order valence-electron chi connectivity index (χ2n) is 4.53. The molecule has 0 aliphatic rings. The number of halogens is 2. The summed E-state index contributed by atoms with van der Waals surface area (Å²) in [7, 11) is 1.83. The Morgan fingerprint density at radius 1 is 1.33 bits per heavy atom. The molecule has 0 spiro atoms. The van der Waals surface area contributed by atoms with Gasteiger partial charge in [-0.3, -0.25) is 0 Å². The highest BCUT2D eigenvalue weighted by Crippen LogP contribution is 2.32. The fraction of sp³-hybridized carbons (Fsp3) is 0.538. The molecule has 1 aromatic carbocycles. The number of hydrogen-bond donors (Lipinski definition) is 2. The lowest BCUT2D eigenvalue weighted by Gasteiger charge is -2.18. The van der Waals surface area contributed by atoms with Gasteiger partial charge >= 0.3 is 0 Å². The summed E-state index contributed by atoms with van der Waals surface area (Å²) < 4.78 is 5.62. The average molecular weight is 292 g/mol. The molecule has 1 rings (SSSR count). The Balaban J connectivity index is 2.86. The molecule has 3 nitrogen and oxygen atoms in total. The summed E-state index contributed by atoms with van der Waals surface area (Å²) in [6, 6.07) is 3.44. The van der Waals surface area contributed by atoms with Crippen molar-refractivity contribution < 1.29 is 9.84 Å². The second-order valence-corrected chi connectivity index (χ2v) is 5.37. The highest BCUT2D eigenvalue weighted by molar-refractivity contribution is 6.35. The molecule has 0 saturated heterocycles. The van der Waals surface area contributed by atoms with Gasteiger partial charge in [-0.2, -0.15) is 0 Å². The SMILES string of the molecule is CNCc1cc(Cl)cc(Cl)c1OCC(O)C(C)C. The summed E-state index contributed by atoms with van der Waals surface area (Å²) in [5, 5.41) is 13.8. The molecule has 0 aromatic heterocycles. The van der Waals surface area contributed by atoms with Gasteiger partial charge in [0.1, 0.15) is 12.4 Å². The topological polar surface area (TPSA) is 41.5 Å². The first-order valence-corrected chi connectivity index (χ1v) is 6.64. The van der Waals surface area contributed by atoms with Crippen molar-refractivity contribution in [1.29, 1.82) is 0 Å². The van der Waals surface area contributed by atoms with Gasteiger partial charge in [0.05, 0.1) is 11.1 Å². The van der Waals surface area contributed by atoms with Crippen molar-refractivity contribution in [3.05, 3.63) is 27.7 Å². The van der Waals surface area contributed by atoms with Crippen molar-refractivity contribution in [3.8, 4) is 5.75 Å². The van der Waals surface area contributed by atoms with Crippen molar-refractivity contribution in [2.75, 3.05) is 13.7 Å². The van der Waals surface area contributed by atoms with Gasteiger partial charge < -0.3 is 15.2 Å². The minimum absolute atomic E-state index is 0.142. The third-order valence-electron chi connectivity index (χ3n) is 2.62. The Kier molecular flexibility index (Phi) is 6.22. The summed E-state index contributed by atoms with van der Waals surface area (Å²) in [6.45, 7) is 4.70. The summed E-state index contributed by atoms with van der Waals surface area (Å²) in [5.41, 5.74) is 0.881. The minimum Gasteiger partial charge on any atom is -0.489 e. The van der Waals surface area contributed by atoms with Crippen LogP contribution >= 0.6 is 23.2 Å². The number of aliphatic hydroxyl groups is 1. The van der Waals surface area contributed by atoms with Crippen LogP contribution in [0.5, 0.6) is 5.75 Å². The van der Waals surface area contributed by atoms with Gasteiger partial charge in [-0.25, -0.2) is 0 Å². The van der Waals surface area contributed by atoms with Crippen LogP contribution in [-0.2, 0) is 6.54 Å². The molecule has 0 saturated carbocycles. The minimum atomic E-state index is -0.515. The molecule has 0 bridgehead atoms. The molecule has 0 aliphatic heterocycles. The smallest absolute Gasteiger partial charge is 0.142 e. The molecular weight excluding hydrogens is 273 g/mol. The third kappa shape index (κ3) is 4.32. The van der Waals surface area contributed by atoms with Crippen molar-refractivity contribution in [3.63, 3.8) is 0 Å². The molecule has 5 heteroatoms. The van der Waals surface area contributed by atoms with Crippen LogP contribution in [0.3, 0.4) is 0 Å². The van der Waals surface area contributed by atoms with Crippen molar-refractivity contribution in [1.82, 2.24) is 5.32 Å². The van der Waals surface area contributed by atoms with Crippen LogP contribution < -0.4 is 10.1 Å². The molecule has 0 aliphatic carbocycles. The van der Waals surface area contributed by atoms with Crippen LogP contribution in [0.4, 0.5) is 0 Å². The summed E-state index contributed by atoms with van der Waals surface area (Å²) >= 11 is 12.1. The number of ether oxygens (including phenoxy) is 1. The maximum Gasteiger partial charge on any atom is 0.142 e. The lowest BCUT2D eigenvalue weighted by atomic mass is 10.1. The number of hydrogen-bond acceptors (Lipinski definition) is 3. The van der Waals surface area contributed by atoms with Crippen LogP contribution in [0.2, 0.25) is 10.0 Å². The van der Waals surface area contributed by atoms with E-state index in [2.05, 4.69) is 5.32 Å². The average Bonchev–Trinajstić information content (AvgIpc) is 2.27. The molecule has 18 heavy (non-hydrogen) atoms. The molecule has 0 heterocycles. The zero-order valence-corrected chi connectivity index (χ0v) is 12.3. The van der Waals surface area contributed by atoms with Gasteiger partial charge in [-0.15, -0.1) is 0 Å². The molecule has 2 N–H and O–H groups in total. The van der Waals surface area contributed by atoms with Gasteiger partial charge in [0.25, 0.3) is 0 Å². The van der Waals surface area contributed by atoms with Gasteiger partial charge in [0.2, 0.25) is 0 Å². The lowest BCUT2D eigenvalue weighted by molar-refractivity contribution is 0.0697. The zero-order chi connectivity index (χ0) is 13.7. The van der Waals surface area contributed by atoms with E-state index < -0.39 is 6.10 Å². The van der Waals surface area contributed by atoms with E-state index in [-0.39, 0.29) is 12.5 Å². The standard InChI is InChI=1S/C13H19Cl2NO2/c1-8(2)12(17)7-18-13-9(6-16-3)4-10(14)5-11(13)15/h4-5,8,12,16-17H,6-7H2,1-3H3. The second kappa shape index (κ2) is 7.19. The van der Waals surface area contributed by atoms with Crippen molar-refractivity contribution in [2.24, 2.45) is 5.92 Å². The third-order valence-corrected chi connectivity index (χ3v) is 3.12. The Bertz CT molecular complexity index is 397. The first-order chi connectivity index (χ1) is 8.45. The monoisotopic (exact) mass is 291 g/mol. The first-order valence-electron chi connectivity index (χ1n) is 5.89. The summed E-state index contributed by atoms with van der Waals surface area (Å²) in [4.78, 5) is 0. The van der Waals surface area contributed by atoms with Crippen LogP contribution in [0.1, 0.15) is 19.4 Å². The number of aliphatic hydroxyl groups excluding tert-OH is 1. The maximum atomic E-state index is 9.74. The Hall–Kier alpha value is -0.480. The van der Waals surface area contributed by atoms with E-state index >= 15 is 0 Å². The zero-order valence-electron chi connectivity index (χ0n) is 10.8. The largest absolute Gasteiger partial charge is 0.489 e. The molecule has 102 valence electrons. The van der Waals surface area contributed by atoms with Gasteiger partial charge in [-0.05, 0) is 25.1 Å². The maximum absolute atomic E-state index is 9.74. The summed E-state index contributed by atoms with van der Waals surface area (Å²) in [5.74, 6) is 0.721. The van der Waals surface area contributed by atoms with Crippen LogP contribution in [-0.4, -0.2) is 24.9 Å². The van der Waals surface area contributed by atoms with E-state index in [1.165, 1.54) is 0 Å². The molecule has 1 aromatic rings. The Morgan fingerprint density at radius 3 is 2.56 bits per heavy atom. The molecule has 0 radical (unpaired) electrons. The van der Waals surface area contributed by atoms with E-state index in [1.54, 1.807) is 12.1 Å². The predicted octanol–water partition coefficient (Wildman–Crippen LogP) is 3.11. The van der Waals surface area contributed by atoms with E-state index in [1.807, 2.05) is 20.9 Å². The van der Waals surface area contributed by atoms with Gasteiger partial charge in [0.15, 0.2) is 0 Å². The van der Waals surface area contributed by atoms with Crippen LogP contribution in [0.15, 0.2) is 12.1 Å². The van der Waals surface area contributed by atoms with Gasteiger partial charge in [-0.1, -0.05) is 37.0 Å². The molecule has 0 fully saturated rings. The van der Waals surface area contributed by atoms with Gasteiger partial charge in [0, 0.05) is 17.1 Å². The van der Waals surface area contributed by atoms with E-state index in [4.69, 9.17) is 27.9 Å². The number of rotatable bonds is 6. The molecule has 1 unspecified atom stereocenters. The van der Waals surface area contributed by atoms with Crippen LogP contribution in [0.25, 0.3) is 0 Å². The molecule has 0 amide bonds. The quantitative estimate of drug-likeness (QED) is 0.846. The number of benzene rings is 1. The normalized spacial score (nSPS) is 12.8. The first kappa shape index (κ1) is 15.6. The molecular formula is C13H19Cl2NO2. The fourth-order valence-corrected chi connectivity index (χ4v) is 2.05. The van der Waals surface area contributed by atoms with E-state index in [0.717, 1.165) is 5.56 Å². The summed E-state index contributed by atoms with van der Waals surface area (Å²) in [6.07, 6.45) is -0.515. The highest BCUT2D eigenvalue weighted by atomic mass is 35.5. The van der Waals surface area contributed by atoms with Crippen molar-refractivity contribution >= 4 is 23.2 Å². The Labute approximate surface area is 118 Å². The van der Waals surface area contributed by atoms with Crippen LogP contribution in [0, 0.1) is 5.92 Å².